The molecule has 0 aliphatic heterocycles. The summed E-state index contributed by atoms with van der Waals surface area (Å²) in [5.41, 5.74) is 8.21. The molecule has 1 aliphatic carbocycles. The molecule has 0 amide bonds. The molecule has 0 heterocycles. The first-order chi connectivity index (χ1) is 6.27. The summed E-state index contributed by atoms with van der Waals surface area (Å²) in [6.45, 7) is 0. The van der Waals surface area contributed by atoms with Crippen molar-refractivity contribution in [3.05, 3.63) is 22.6 Å². The maximum Gasteiger partial charge on any atom is 0.308 e. The summed E-state index contributed by atoms with van der Waals surface area (Å²) in [5, 5.41) is 3.54. The van der Waals surface area contributed by atoms with E-state index in [4.69, 9.17) is 5.53 Å². The minimum Gasteiger partial charge on any atom is -0.469 e. The highest BCUT2D eigenvalue weighted by Gasteiger charge is 2.23. The van der Waals surface area contributed by atoms with Gasteiger partial charge in [-0.05, 0) is 18.4 Å². The number of rotatable bonds is 2. The minimum absolute atomic E-state index is 0.162. The Hall–Kier alpha value is -1.48. The number of hydrogen-bond donors (Lipinski definition) is 0. The molecule has 1 aliphatic rings. The van der Waals surface area contributed by atoms with Crippen LogP contribution in [0.25, 0.3) is 10.4 Å². The number of esters is 1. The van der Waals surface area contributed by atoms with Crippen LogP contribution in [0.1, 0.15) is 12.8 Å². The van der Waals surface area contributed by atoms with Crippen molar-refractivity contribution in [3.8, 4) is 0 Å². The van der Waals surface area contributed by atoms with Gasteiger partial charge in [0, 0.05) is 4.91 Å². The topological polar surface area (TPSA) is 75.1 Å². The summed E-state index contributed by atoms with van der Waals surface area (Å²) in [6, 6.07) is -0.206. The SMILES string of the molecule is COC(=O)C1CC=CC(N=[N+]=[N-])C1. The summed E-state index contributed by atoms with van der Waals surface area (Å²) >= 11 is 0. The van der Waals surface area contributed by atoms with Crippen LogP contribution in [0.15, 0.2) is 17.3 Å². The minimum atomic E-state index is -0.234. The number of ether oxygens (including phenoxy) is 1. The highest BCUT2D eigenvalue weighted by Crippen LogP contribution is 2.21. The van der Waals surface area contributed by atoms with Crippen LogP contribution in [0.4, 0.5) is 0 Å². The molecular formula is C8H11N3O2. The van der Waals surface area contributed by atoms with Crippen LogP contribution in [-0.2, 0) is 9.53 Å². The molecule has 0 fully saturated rings. The first-order valence-corrected chi connectivity index (χ1v) is 4.06. The lowest BCUT2D eigenvalue weighted by Gasteiger charge is -2.19. The molecule has 0 aromatic rings. The zero-order valence-electron chi connectivity index (χ0n) is 7.38. The quantitative estimate of drug-likeness (QED) is 0.214. The molecule has 1 rings (SSSR count). The molecular weight excluding hydrogens is 170 g/mol. The van der Waals surface area contributed by atoms with Crippen LogP contribution in [0, 0.1) is 5.92 Å². The molecule has 0 bridgehead atoms. The van der Waals surface area contributed by atoms with Gasteiger partial charge in [-0.3, -0.25) is 4.79 Å². The van der Waals surface area contributed by atoms with Crippen molar-refractivity contribution >= 4 is 5.97 Å². The van der Waals surface area contributed by atoms with E-state index in [0.717, 1.165) is 0 Å². The van der Waals surface area contributed by atoms with E-state index in [0.29, 0.717) is 12.8 Å². The first kappa shape index (κ1) is 9.61. The Balaban J connectivity index is 2.60. The van der Waals surface area contributed by atoms with Gasteiger partial charge >= 0.3 is 5.97 Å². The van der Waals surface area contributed by atoms with Crippen molar-refractivity contribution in [1.82, 2.24) is 0 Å². The van der Waals surface area contributed by atoms with E-state index in [1.54, 1.807) is 0 Å². The number of hydrogen-bond acceptors (Lipinski definition) is 3. The van der Waals surface area contributed by atoms with E-state index in [1.807, 2.05) is 12.2 Å². The number of methoxy groups -OCH3 is 1. The van der Waals surface area contributed by atoms with Gasteiger partial charge in [0.15, 0.2) is 0 Å². The number of nitrogens with zero attached hydrogens (tertiary/aromatic N) is 3. The Morgan fingerprint density at radius 2 is 2.54 bits per heavy atom. The van der Waals surface area contributed by atoms with Crippen molar-refractivity contribution in [3.63, 3.8) is 0 Å². The van der Waals surface area contributed by atoms with Gasteiger partial charge in [-0.25, -0.2) is 0 Å². The Morgan fingerprint density at radius 1 is 1.77 bits per heavy atom. The highest BCUT2D eigenvalue weighted by molar-refractivity contribution is 5.72. The Labute approximate surface area is 76.0 Å². The molecule has 70 valence electrons. The molecule has 13 heavy (non-hydrogen) atoms. The molecule has 2 unspecified atom stereocenters. The Morgan fingerprint density at radius 3 is 3.15 bits per heavy atom. The van der Waals surface area contributed by atoms with Crippen molar-refractivity contribution in [2.24, 2.45) is 11.0 Å². The van der Waals surface area contributed by atoms with Crippen molar-refractivity contribution in [2.45, 2.75) is 18.9 Å². The van der Waals surface area contributed by atoms with Gasteiger partial charge in [0.2, 0.25) is 0 Å². The monoisotopic (exact) mass is 181 g/mol. The predicted molar refractivity (Wildman–Crippen MR) is 46.8 cm³/mol. The van der Waals surface area contributed by atoms with Crippen LogP contribution in [0.3, 0.4) is 0 Å². The molecule has 5 heteroatoms. The molecule has 0 N–H and O–H groups in total. The van der Waals surface area contributed by atoms with E-state index in [2.05, 4.69) is 14.8 Å². The van der Waals surface area contributed by atoms with Gasteiger partial charge in [0.25, 0.3) is 0 Å². The maximum atomic E-state index is 11.1. The number of azide groups is 1. The van der Waals surface area contributed by atoms with Gasteiger partial charge in [-0.2, -0.15) is 0 Å². The Bertz CT molecular complexity index is 269. The molecule has 0 aromatic heterocycles. The summed E-state index contributed by atoms with van der Waals surface area (Å²) < 4.78 is 4.61. The maximum absolute atomic E-state index is 11.1. The molecule has 0 aromatic carbocycles. The smallest absolute Gasteiger partial charge is 0.308 e. The highest BCUT2D eigenvalue weighted by atomic mass is 16.5. The van der Waals surface area contributed by atoms with E-state index < -0.39 is 0 Å². The lowest BCUT2D eigenvalue weighted by Crippen LogP contribution is -2.22. The second-order valence-corrected chi connectivity index (χ2v) is 2.89. The van der Waals surface area contributed by atoms with Gasteiger partial charge < -0.3 is 4.74 Å². The van der Waals surface area contributed by atoms with Gasteiger partial charge in [0.05, 0.1) is 19.1 Å². The summed E-state index contributed by atoms with van der Waals surface area (Å²) in [5.74, 6) is -0.395. The normalized spacial score (nSPS) is 26.2. The molecule has 0 saturated carbocycles. The van der Waals surface area contributed by atoms with Crippen molar-refractivity contribution in [2.75, 3.05) is 7.11 Å². The standard InChI is InChI=1S/C8H11N3O2/c1-13-8(12)6-3-2-4-7(5-6)10-11-9/h2,4,6-7H,3,5H2,1H3. The fourth-order valence-electron chi connectivity index (χ4n) is 1.38. The van der Waals surface area contributed by atoms with Crippen molar-refractivity contribution < 1.29 is 9.53 Å². The third kappa shape index (κ3) is 2.49. The number of carbonyl (C=O) groups excluding carboxylic acids is 1. The van der Waals surface area contributed by atoms with E-state index in [1.165, 1.54) is 7.11 Å². The number of allylic oxidation sites excluding steroid dienone is 1. The van der Waals surface area contributed by atoms with Crippen LogP contribution in [-0.4, -0.2) is 19.1 Å². The summed E-state index contributed by atoms with van der Waals surface area (Å²) in [4.78, 5) is 13.8. The molecule has 5 nitrogen and oxygen atoms in total. The van der Waals surface area contributed by atoms with Crippen LogP contribution in [0.5, 0.6) is 0 Å². The predicted octanol–water partition coefficient (Wildman–Crippen LogP) is 1.80. The summed E-state index contributed by atoms with van der Waals surface area (Å²) in [6.07, 6.45) is 4.89. The van der Waals surface area contributed by atoms with Crippen LogP contribution < -0.4 is 0 Å². The second kappa shape index (κ2) is 4.52. The van der Waals surface area contributed by atoms with Gasteiger partial charge in [0.1, 0.15) is 0 Å². The lowest BCUT2D eigenvalue weighted by molar-refractivity contribution is -0.145. The van der Waals surface area contributed by atoms with E-state index in [9.17, 15) is 4.79 Å². The zero-order valence-corrected chi connectivity index (χ0v) is 7.38. The third-order valence-electron chi connectivity index (χ3n) is 2.04. The Kier molecular flexibility index (Phi) is 3.34. The third-order valence-corrected chi connectivity index (χ3v) is 2.04. The van der Waals surface area contributed by atoms with Crippen molar-refractivity contribution in [1.29, 1.82) is 0 Å². The van der Waals surface area contributed by atoms with E-state index >= 15 is 0 Å². The molecule has 2 atom stereocenters. The van der Waals surface area contributed by atoms with E-state index in [-0.39, 0.29) is 17.9 Å². The average Bonchev–Trinajstić information content (AvgIpc) is 2.18. The fraction of sp³-hybridized carbons (Fsp3) is 0.625. The molecule has 0 radical (unpaired) electrons. The largest absolute Gasteiger partial charge is 0.469 e. The first-order valence-electron chi connectivity index (χ1n) is 4.06. The average molecular weight is 181 g/mol. The fourth-order valence-corrected chi connectivity index (χ4v) is 1.38. The summed E-state index contributed by atoms with van der Waals surface area (Å²) in [7, 11) is 1.36. The van der Waals surface area contributed by atoms with Gasteiger partial charge in [-0.1, -0.05) is 17.3 Å². The van der Waals surface area contributed by atoms with Crippen LogP contribution in [0.2, 0.25) is 0 Å². The lowest BCUT2D eigenvalue weighted by atomic mass is 9.91. The number of carbonyl (C=O) groups is 1. The van der Waals surface area contributed by atoms with Crippen LogP contribution >= 0.6 is 0 Å². The zero-order chi connectivity index (χ0) is 9.68. The van der Waals surface area contributed by atoms with Gasteiger partial charge in [-0.15, -0.1) is 0 Å². The molecule has 0 spiro atoms. The molecule has 0 saturated heterocycles. The second-order valence-electron chi connectivity index (χ2n) is 2.89.